The van der Waals surface area contributed by atoms with E-state index in [9.17, 15) is 18.0 Å². The molecule has 0 N–H and O–H groups in total. The van der Waals surface area contributed by atoms with Gasteiger partial charge in [-0.05, 0) is 12.5 Å². The minimum atomic E-state index is -4.52. The highest BCUT2D eigenvalue weighted by Gasteiger charge is 2.63. The molecule has 2 aromatic rings. The molecule has 1 aliphatic heterocycles. The zero-order valence-corrected chi connectivity index (χ0v) is 12.5. The van der Waals surface area contributed by atoms with E-state index < -0.39 is 30.8 Å². The van der Waals surface area contributed by atoms with Gasteiger partial charge in [-0.25, -0.2) is 4.98 Å². The number of aryl methyl sites for hydroxylation is 1. The van der Waals surface area contributed by atoms with Crippen LogP contribution in [0.3, 0.4) is 0 Å². The number of amides is 1. The van der Waals surface area contributed by atoms with Crippen molar-refractivity contribution in [2.45, 2.75) is 25.1 Å². The largest absolute Gasteiger partial charge is 0.420 e. The van der Waals surface area contributed by atoms with Gasteiger partial charge in [0.15, 0.2) is 5.60 Å². The molecule has 6 nitrogen and oxygen atoms in total. The molecule has 0 radical (unpaired) electrons. The van der Waals surface area contributed by atoms with Crippen LogP contribution in [0.15, 0.2) is 16.8 Å². The van der Waals surface area contributed by atoms with E-state index in [1.807, 2.05) is 6.92 Å². The third-order valence-corrected chi connectivity index (χ3v) is 4.07. The topological polar surface area (TPSA) is 68.5 Å². The molecule has 124 valence electrons. The van der Waals surface area contributed by atoms with E-state index in [0.717, 1.165) is 12.0 Å². The molecule has 3 heterocycles. The molecule has 23 heavy (non-hydrogen) atoms. The van der Waals surface area contributed by atoms with Crippen molar-refractivity contribution in [2.75, 3.05) is 20.2 Å². The van der Waals surface area contributed by atoms with Crippen LogP contribution < -0.4 is 0 Å². The van der Waals surface area contributed by atoms with Crippen LogP contribution in [0.2, 0.25) is 0 Å². The second-order valence-corrected chi connectivity index (χ2v) is 5.42. The van der Waals surface area contributed by atoms with E-state index in [0.29, 0.717) is 23.2 Å². The number of likely N-dealkylation sites (tertiary alicyclic amines) is 1. The zero-order chi connectivity index (χ0) is 16.8. The highest BCUT2D eigenvalue weighted by Crippen LogP contribution is 2.41. The van der Waals surface area contributed by atoms with E-state index in [2.05, 4.69) is 14.9 Å². The minimum Gasteiger partial charge on any atom is -0.365 e. The molecule has 1 aliphatic rings. The third kappa shape index (κ3) is 2.35. The maximum atomic E-state index is 13.0. The predicted octanol–water partition coefficient (Wildman–Crippen LogP) is 2.19. The van der Waals surface area contributed by atoms with E-state index in [-0.39, 0.29) is 5.56 Å². The van der Waals surface area contributed by atoms with Crippen LogP contribution >= 0.6 is 0 Å². The lowest BCUT2D eigenvalue weighted by Gasteiger charge is -2.49. The number of hydrogen-bond acceptors (Lipinski definition) is 5. The second-order valence-electron chi connectivity index (χ2n) is 5.42. The number of methoxy groups -OCH3 is 1. The summed E-state index contributed by atoms with van der Waals surface area (Å²) in [6, 6.07) is 1.54. The van der Waals surface area contributed by atoms with Crippen molar-refractivity contribution >= 4 is 17.0 Å². The number of carbonyl (C=O) groups excluding carboxylic acids is 1. The third-order valence-electron chi connectivity index (χ3n) is 4.07. The van der Waals surface area contributed by atoms with E-state index in [1.165, 1.54) is 6.20 Å². The summed E-state index contributed by atoms with van der Waals surface area (Å²) >= 11 is 0. The van der Waals surface area contributed by atoms with Gasteiger partial charge in [0.05, 0.1) is 29.7 Å². The van der Waals surface area contributed by atoms with Gasteiger partial charge in [0.1, 0.15) is 0 Å². The van der Waals surface area contributed by atoms with E-state index >= 15 is 0 Å². The zero-order valence-electron chi connectivity index (χ0n) is 12.5. The molecule has 1 amide bonds. The van der Waals surface area contributed by atoms with Crippen molar-refractivity contribution in [3.8, 4) is 0 Å². The number of fused-ring (bicyclic) bond motifs is 1. The van der Waals surface area contributed by atoms with Gasteiger partial charge < -0.3 is 14.2 Å². The number of ether oxygens (including phenoxy) is 1. The number of aromatic nitrogens is 2. The van der Waals surface area contributed by atoms with Gasteiger partial charge >= 0.3 is 6.18 Å². The molecule has 1 saturated heterocycles. The van der Waals surface area contributed by atoms with Crippen LogP contribution in [0.5, 0.6) is 0 Å². The summed E-state index contributed by atoms with van der Waals surface area (Å²) in [5, 5.41) is 4.42. The molecule has 0 bridgehead atoms. The van der Waals surface area contributed by atoms with Crippen molar-refractivity contribution < 1.29 is 27.2 Å². The fourth-order valence-electron chi connectivity index (χ4n) is 2.57. The summed E-state index contributed by atoms with van der Waals surface area (Å²) in [6.45, 7) is 0.805. The van der Waals surface area contributed by atoms with Gasteiger partial charge in [0.2, 0.25) is 0 Å². The van der Waals surface area contributed by atoms with E-state index in [1.54, 1.807) is 6.07 Å². The first-order valence-corrected chi connectivity index (χ1v) is 6.97. The Kier molecular flexibility index (Phi) is 3.55. The molecular formula is C14H14F3N3O3. The number of hydrogen-bond donors (Lipinski definition) is 0. The molecular weight excluding hydrogens is 315 g/mol. The highest BCUT2D eigenvalue weighted by atomic mass is 19.4. The van der Waals surface area contributed by atoms with Crippen molar-refractivity contribution in [2.24, 2.45) is 0 Å². The fourth-order valence-corrected chi connectivity index (χ4v) is 2.57. The second kappa shape index (κ2) is 5.19. The lowest BCUT2D eigenvalue weighted by molar-refractivity contribution is -0.303. The van der Waals surface area contributed by atoms with Gasteiger partial charge in [-0.2, -0.15) is 13.2 Å². The maximum Gasteiger partial charge on any atom is 0.420 e. The summed E-state index contributed by atoms with van der Waals surface area (Å²) in [6.07, 6.45) is -2.66. The van der Waals surface area contributed by atoms with Gasteiger partial charge in [0.25, 0.3) is 11.6 Å². The van der Waals surface area contributed by atoms with Crippen molar-refractivity contribution in [3.05, 3.63) is 23.5 Å². The van der Waals surface area contributed by atoms with Crippen LogP contribution in [0.1, 0.15) is 23.0 Å². The molecule has 0 spiro atoms. The number of halogens is 3. The Balaban J connectivity index is 1.82. The van der Waals surface area contributed by atoms with Crippen LogP contribution in [0.25, 0.3) is 11.1 Å². The standard InChI is InChI=1S/C14H14F3N3O3/c1-3-10-9-4-8(5-18-11(9)23-19-10)12(21)20-6-13(7-20,22-2)14(15,16)17/h4-5H,3,6-7H2,1-2H3. The molecule has 0 unspecified atom stereocenters. The van der Waals surface area contributed by atoms with Crippen molar-refractivity contribution in [1.29, 1.82) is 0 Å². The average molecular weight is 329 g/mol. The Morgan fingerprint density at radius 3 is 2.74 bits per heavy atom. The molecule has 0 aliphatic carbocycles. The average Bonchev–Trinajstić information content (AvgIpc) is 2.87. The molecule has 1 fully saturated rings. The number of pyridine rings is 1. The lowest BCUT2D eigenvalue weighted by atomic mass is 9.92. The monoisotopic (exact) mass is 329 g/mol. The number of rotatable bonds is 3. The Hall–Kier alpha value is -2.16. The van der Waals surface area contributed by atoms with Gasteiger partial charge in [-0.3, -0.25) is 4.79 Å². The lowest BCUT2D eigenvalue weighted by Crippen LogP contribution is -2.71. The van der Waals surface area contributed by atoms with Gasteiger partial charge in [-0.15, -0.1) is 0 Å². The van der Waals surface area contributed by atoms with Crippen molar-refractivity contribution in [3.63, 3.8) is 0 Å². The SMILES string of the molecule is CCc1noc2ncc(C(=O)N3CC(OC)(C(F)(F)F)C3)cc12. The van der Waals surface area contributed by atoms with Crippen LogP contribution in [0, 0.1) is 0 Å². The Bertz CT molecular complexity index is 751. The first-order valence-electron chi connectivity index (χ1n) is 6.97. The molecule has 0 atom stereocenters. The number of carbonyl (C=O) groups is 1. The van der Waals surface area contributed by atoms with Gasteiger partial charge in [-0.1, -0.05) is 12.1 Å². The highest BCUT2D eigenvalue weighted by molar-refractivity contribution is 5.97. The minimum absolute atomic E-state index is 0.197. The smallest absolute Gasteiger partial charge is 0.365 e. The summed E-state index contributed by atoms with van der Waals surface area (Å²) in [7, 11) is 0.994. The Morgan fingerprint density at radius 2 is 2.17 bits per heavy atom. The molecule has 2 aromatic heterocycles. The van der Waals surface area contributed by atoms with Crippen LogP contribution in [0.4, 0.5) is 13.2 Å². The normalized spacial score (nSPS) is 17.3. The van der Waals surface area contributed by atoms with Crippen LogP contribution in [-0.4, -0.2) is 52.9 Å². The molecule has 9 heteroatoms. The Labute approximate surface area is 129 Å². The summed E-state index contributed by atoms with van der Waals surface area (Å²) in [5.41, 5.74) is -1.15. The number of nitrogens with zero attached hydrogens (tertiary/aromatic N) is 3. The summed E-state index contributed by atoms with van der Waals surface area (Å²) in [5.74, 6) is -0.528. The Morgan fingerprint density at radius 1 is 1.48 bits per heavy atom. The molecule has 0 aromatic carbocycles. The summed E-state index contributed by atoms with van der Waals surface area (Å²) in [4.78, 5) is 17.4. The first-order chi connectivity index (χ1) is 10.8. The van der Waals surface area contributed by atoms with Crippen LogP contribution in [-0.2, 0) is 11.2 Å². The number of alkyl halides is 3. The quantitative estimate of drug-likeness (QED) is 0.863. The van der Waals surface area contributed by atoms with Gasteiger partial charge in [0, 0.05) is 13.3 Å². The maximum absolute atomic E-state index is 13.0. The molecule has 3 rings (SSSR count). The van der Waals surface area contributed by atoms with E-state index in [4.69, 9.17) is 4.52 Å². The predicted molar refractivity (Wildman–Crippen MR) is 72.9 cm³/mol. The summed E-state index contributed by atoms with van der Waals surface area (Å²) < 4.78 is 48.5. The van der Waals surface area contributed by atoms with Crippen molar-refractivity contribution in [1.82, 2.24) is 15.0 Å². The fraction of sp³-hybridized carbons (Fsp3) is 0.500. The first kappa shape index (κ1) is 15.7. The molecule has 0 saturated carbocycles.